The molecule has 8 nitrogen and oxygen atoms in total. The molecule has 0 atom stereocenters. The van der Waals surface area contributed by atoms with E-state index in [0.717, 1.165) is 113 Å². The van der Waals surface area contributed by atoms with Gasteiger partial charge in [-0.1, -0.05) is 163 Å². The second-order valence-electron chi connectivity index (χ2n) is 19.3. The predicted molar refractivity (Wildman–Crippen MR) is 332 cm³/mol. The molecule has 0 spiro atoms. The maximum absolute atomic E-state index is 12.6. The minimum absolute atomic E-state index is 0. The number of nitrogens with zero attached hydrogens (tertiary/aromatic N) is 8. The van der Waals surface area contributed by atoms with Crippen LogP contribution in [0, 0.1) is 45.0 Å². The van der Waals surface area contributed by atoms with Gasteiger partial charge in [-0.25, -0.2) is 19.9 Å². The number of hydrogen-bond donors (Lipinski definition) is 0. The summed E-state index contributed by atoms with van der Waals surface area (Å²) < 4.78 is 37.8. The van der Waals surface area contributed by atoms with Crippen LogP contribution in [0.2, 0.25) is 0 Å². The number of rotatable bonds is 9. The van der Waals surface area contributed by atoms with Gasteiger partial charge in [-0.05, 0) is 82.5 Å². The molecular weight excluding hydrogens is 1830 g/mol. The maximum atomic E-state index is 12.6. The van der Waals surface area contributed by atoms with Gasteiger partial charge in [0.1, 0.15) is 24.8 Å². The van der Waals surface area contributed by atoms with Crippen LogP contribution in [0.5, 0.6) is 0 Å². The fourth-order valence-electron chi connectivity index (χ4n) is 9.14. The van der Waals surface area contributed by atoms with Gasteiger partial charge in [0.15, 0.2) is 0 Å². The van der Waals surface area contributed by atoms with Gasteiger partial charge in [-0.2, -0.15) is 13.2 Å². The van der Waals surface area contributed by atoms with Crippen molar-refractivity contribution >= 4 is 0 Å². The fourth-order valence-corrected chi connectivity index (χ4v) is 9.14. The minimum Gasteiger partial charge on any atom is -0.286 e. The standard InChI is InChI=1S/C22H15N2.C18H12F3N2.2C17H13N2.4Ir/c1-4-10-17(11-5-1)20-21(18-12-6-2-7-13-18)23-16-24-22(20)19-14-8-3-9-15-19;1-12-2-4-13(5-3-12)16-10-17(23-11-22-16)14-6-8-15(9-7-14)18(19,20)21;1-13-16(14-8-4-2-5-9-14)18-12-19-17(13)15-10-6-3-7-11-15;1-13-18-16(14-8-4-2-5-9-14)12-17(19-13)15-10-6-3-7-11-15;;;;/h1-14,16H;2-6,8-11H,1H3;2*2-10,12H,1H3;;;;/q4*-1;;;;. The Morgan fingerprint density at radius 1 is 0.326 bits per heavy atom. The molecule has 0 aliphatic rings. The van der Waals surface area contributed by atoms with E-state index in [1.807, 2.05) is 190 Å². The van der Waals surface area contributed by atoms with Crippen LogP contribution in [0.25, 0.3) is 101 Å². The van der Waals surface area contributed by atoms with Gasteiger partial charge in [0.05, 0.1) is 22.8 Å². The average molecular weight is 1880 g/mol. The van der Waals surface area contributed by atoms with Crippen LogP contribution in [0.15, 0.2) is 268 Å². The zero-order chi connectivity index (χ0) is 58.8. The number of alkyl halides is 3. The summed E-state index contributed by atoms with van der Waals surface area (Å²) in [6.07, 6.45) is 0.278. The average Bonchev–Trinajstić information content (AvgIpc) is 2.97. The van der Waals surface area contributed by atoms with Gasteiger partial charge in [0.2, 0.25) is 0 Å². The predicted octanol–water partition coefficient (Wildman–Crippen LogP) is 18.0. The van der Waals surface area contributed by atoms with Crippen LogP contribution in [0.1, 0.15) is 22.5 Å². The number of halogens is 3. The van der Waals surface area contributed by atoms with E-state index in [1.165, 1.54) is 12.4 Å². The van der Waals surface area contributed by atoms with Gasteiger partial charge in [-0.3, -0.25) is 19.9 Å². The molecule has 13 rings (SSSR count). The van der Waals surface area contributed by atoms with Crippen molar-refractivity contribution in [2.75, 3.05) is 0 Å². The van der Waals surface area contributed by atoms with Crippen molar-refractivity contribution < 1.29 is 93.6 Å². The first-order valence-corrected chi connectivity index (χ1v) is 27.2. The van der Waals surface area contributed by atoms with Crippen LogP contribution in [-0.2, 0) is 86.6 Å². The molecule has 0 bridgehead atoms. The van der Waals surface area contributed by atoms with Gasteiger partial charge < -0.3 is 0 Å². The van der Waals surface area contributed by atoms with Crippen LogP contribution in [0.4, 0.5) is 13.2 Å². The van der Waals surface area contributed by atoms with Crippen molar-refractivity contribution in [1.29, 1.82) is 0 Å². The molecule has 0 saturated heterocycles. The van der Waals surface area contributed by atoms with Crippen molar-refractivity contribution in [3.05, 3.63) is 314 Å². The van der Waals surface area contributed by atoms with Crippen molar-refractivity contribution in [2.45, 2.75) is 26.9 Å². The van der Waals surface area contributed by atoms with Crippen LogP contribution < -0.4 is 0 Å². The van der Waals surface area contributed by atoms with Crippen LogP contribution in [0.3, 0.4) is 0 Å². The number of hydrogen-bond acceptors (Lipinski definition) is 8. The van der Waals surface area contributed by atoms with Crippen molar-refractivity contribution in [3.63, 3.8) is 0 Å². The second kappa shape index (κ2) is 34.4. The first-order chi connectivity index (χ1) is 41.6. The zero-order valence-electron chi connectivity index (χ0n) is 47.9. The summed E-state index contributed by atoms with van der Waals surface area (Å²) in [5.74, 6) is 0.772. The van der Waals surface area contributed by atoms with Gasteiger partial charge in [-0.15, -0.1) is 138 Å². The van der Waals surface area contributed by atoms with Gasteiger partial charge in [0, 0.05) is 86.0 Å². The smallest absolute Gasteiger partial charge is 0.286 e. The van der Waals surface area contributed by atoms with E-state index < -0.39 is 11.7 Å². The first kappa shape index (κ1) is 69.8. The summed E-state index contributed by atoms with van der Waals surface area (Å²) in [6, 6.07) is 91.7. The molecule has 4 heterocycles. The topological polar surface area (TPSA) is 103 Å². The molecule has 0 N–H and O–H groups in total. The Morgan fingerprint density at radius 3 is 1.27 bits per heavy atom. The molecule has 0 saturated carbocycles. The molecule has 0 unspecified atom stereocenters. The first-order valence-electron chi connectivity index (χ1n) is 27.2. The number of aromatic nitrogens is 8. The Kier molecular flexibility index (Phi) is 27.0. The Hall–Kier alpha value is -8.31. The largest absolute Gasteiger partial charge is 0.381 e. The molecule has 0 aliphatic heterocycles. The Bertz CT molecular complexity index is 4050. The SMILES string of the molecule is Cc1c(-c2[c-]cccc2)ncnc1-c1ccccc1.Cc1ccc(-c2cc(-c3[c-]cc(C(F)(F)F)cc3)ncn2)cc1.Cc1nc(-c2[c-]cccc2)cc(-c2ccccc2)n1.[Ir].[Ir].[Ir].[Ir].[c-]1ccccc1-c1ncnc(-c2ccccc2)c1-c1ccccc1. The molecule has 4 radical (unpaired) electrons. The molecule has 13 aromatic rings. The summed E-state index contributed by atoms with van der Waals surface area (Å²) in [6.45, 7) is 5.96. The number of benzene rings is 9. The van der Waals surface area contributed by atoms with E-state index >= 15 is 0 Å². The summed E-state index contributed by atoms with van der Waals surface area (Å²) in [5.41, 5.74) is 18.1. The quantitative estimate of drug-likeness (QED) is 0.132. The normalized spacial score (nSPS) is 10.2. The molecule has 9 aromatic carbocycles. The van der Waals surface area contributed by atoms with Gasteiger partial charge >= 0.3 is 6.18 Å². The summed E-state index contributed by atoms with van der Waals surface area (Å²) in [4.78, 5) is 35.3. The third-order valence-corrected chi connectivity index (χ3v) is 13.3. The van der Waals surface area contributed by atoms with E-state index in [9.17, 15) is 13.2 Å². The van der Waals surface area contributed by atoms with Crippen molar-refractivity contribution in [1.82, 2.24) is 39.9 Å². The third kappa shape index (κ3) is 18.9. The minimum atomic E-state index is -4.37. The zero-order valence-corrected chi connectivity index (χ0v) is 57.5. The van der Waals surface area contributed by atoms with E-state index in [2.05, 4.69) is 120 Å². The Balaban J connectivity index is 0.000000187. The molecule has 4 aromatic heterocycles. The fraction of sp³-hybridized carbons (Fsp3) is 0.0541. The summed E-state index contributed by atoms with van der Waals surface area (Å²) in [5, 5.41) is 0. The molecule has 15 heteroatoms. The van der Waals surface area contributed by atoms with Crippen LogP contribution in [-0.4, -0.2) is 39.9 Å². The van der Waals surface area contributed by atoms with E-state index in [1.54, 1.807) is 18.7 Å². The summed E-state index contributed by atoms with van der Waals surface area (Å²) in [7, 11) is 0. The maximum Gasteiger partial charge on any atom is 0.381 e. The molecule has 0 amide bonds. The second-order valence-corrected chi connectivity index (χ2v) is 19.3. The van der Waals surface area contributed by atoms with Crippen LogP contribution >= 0.6 is 0 Å². The number of aryl methyl sites for hydroxylation is 2. The van der Waals surface area contributed by atoms with E-state index in [4.69, 9.17) is 0 Å². The Labute approximate surface area is 571 Å². The van der Waals surface area contributed by atoms with Gasteiger partial charge in [0.25, 0.3) is 0 Å². The third-order valence-electron chi connectivity index (χ3n) is 13.3. The molecule has 0 aliphatic carbocycles. The van der Waals surface area contributed by atoms with Crippen molar-refractivity contribution in [2.24, 2.45) is 0 Å². The van der Waals surface area contributed by atoms with E-state index in [-0.39, 0.29) is 80.4 Å². The van der Waals surface area contributed by atoms with Crippen molar-refractivity contribution in [3.8, 4) is 101 Å². The monoisotopic (exact) mass is 1880 g/mol. The summed E-state index contributed by atoms with van der Waals surface area (Å²) >= 11 is 0. The Morgan fingerprint density at radius 2 is 0.742 bits per heavy atom. The molecule has 450 valence electrons. The molecular formula is C74H53F3Ir4N8-4. The molecule has 0 fully saturated rings. The molecule has 89 heavy (non-hydrogen) atoms. The van der Waals surface area contributed by atoms with E-state index in [0.29, 0.717) is 17.0 Å².